The van der Waals surface area contributed by atoms with Crippen LogP contribution in [-0.2, 0) is 5.75 Å². The Morgan fingerprint density at radius 3 is 2.84 bits per heavy atom. The molecule has 0 bridgehead atoms. The van der Waals surface area contributed by atoms with Crippen LogP contribution in [0.15, 0.2) is 18.2 Å². The Kier molecular flexibility index (Phi) is 7.62. The standard InChI is InChI=1S/C16H21FOS/c1-13(2)8-10-19-12-14-6-7-16(17)15(11-14)5-3-4-9-18/h6-7,11,13,18H,4,8-10,12H2,1-2H3. The Bertz CT molecular complexity index is 446. The average Bonchev–Trinajstić information content (AvgIpc) is 2.38. The predicted octanol–water partition coefficient (Wildman–Crippen LogP) is 3.84. The molecule has 0 amide bonds. The lowest BCUT2D eigenvalue weighted by Gasteiger charge is -2.05. The van der Waals surface area contributed by atoms with E-state index in [0.717, 1.165) is 23.0 Å². The highest BCUT2D eigenvalue weighted by molar-refractivity contribution is 7.98. The largest absolute Gasteiger partial charge is 0.395 e. The second-order valence-corrected chi connectivity index (χ2v) is 5.93. The molecule has 0 heterocycles. The van der Waals surface area contributed by atoms with Gasteiger partial charge in [-0.05, 0) is 35.8 Å². The number of benzene rings is 1. The maximum absolute atomic E-state index is 13.5. The molecule has 0 aliphatic carbocycles. The highest BCUT2D eigenvalue weighted by atomic mass is 32.2. The van der Waals surface area contributed by atoms with E-state index in [1.165, 1.54) is 12.5 Å². The van der Waals surface area contributed by atoms with E-state index in [-0.39, 0.29) is 12.4 Å². The van der Waals surface area contributed by atoms with Crippen LogP contribution in [0.4, 0.5) is 4.39 Å². The van der Waals surface area contributed by atoms with Crippen molar-refractivity contribution in [1.29, 1.82) is 0 Å². The molecule has 0 aliphatic heterocycles. The Hall–Kier alpha value is -0.980. The molecule has 0 spiro atoms. The summed E-state index contributed by atoms with van der Waals surface area (Å²) in [5.41, 5.74) is 1.53. The number of hydrogen-bond donors (Lipinski definition) is 1. The van der Waals surface area contributed by atoms with Gasteiger partial charge in [-0.2, -0.15) is 11.8 Å². The zero-order valence-electron chi connectivity index (χ0n) is 11.6. The van der Waals surface area contributed by atoms with Crippen molar-refractivity contribution in [2.75, 3.05) is 12.4 Å². The van der Waals surface area contributed by atoms with E-state index in [0.29, 0.717) is 12.0 Å². The molecular formula is C16H21FOS. The van der Waals surface area contributed by atoms with Crippen LogP contribution >= 0.6 is 11.8 Å². The van der Waals surface area contributed by atoms with Crippen LogP contribution in [0, 0.1) is 23.6 Å². The molecular weight excluding hydrogens is 259 g/mol. The minimum absolute atomic E-state index is 0.0133. The minimum atomic E-state index is -0.290. The summed E-state index contributed by atoms with van der Waals surface area (Å²) in [5.74, 6) is 7.97. The second kappa shape index (κ2) is 9.01. The number of hydrogen-bond acceptors (Lipinski definition) is 2. The molecule has 1 nitrogen and oxygen atoms in total. The molecule has 104 valence electrons. The van der Waals surface area contributed by atoms with Crippen LogP contribution < -0.4 is 0 Å². The van der Waals surface area contributed by atoms with E-state index in [4.69, 9.17) is 5.11 Å². The van der Waals surface area contributed by atoms with Gasteiger partial charge in [-0.3, -0.25) is 0 Å². The molecule has 19 heavy (non-hydrogen) atoms. The lowest BCUT2D eigenvalue weighted by molar-refractivity contribution is 0.305. The average molecular weight is 280 g/mol. The van der Waals surface area contributed by atoms with Gasteiger partial charge in [0.05, 0.1) is 12.2 Å². The minimum Gasteiger partial charge on any atom is -0.395 e. The summed E-state index contributed by atoms with van der Waals surface area (Å²) in [6.45, 7) is 4.44. The quantitative estimate of drug-likeness (QED) is 0.631. The molecule has 1 aromatic carbocycles. The van der Waals surface area contributed by atoms with Crippen molar-refractivity contribution in [1.82, 2.24) is 0 Å². The van der Waals surface area contributed by atoms with Crippen LogP contribution in [0.5, 0.6) is 0 Å². The van der Waals surface area contributed by atoms with Crippen LogP contribution in [-0.4, -0.2) is 17.5 Å². The summed E-state index contributed by atoms with van der Waals surface area (Å²) in [7, 11) is 0. The summed E-state index contributed by atoms with van der Waals surface area (Å²) >= 11 is 1.87. The van der Waals surface area contributed by atoms with Gasteiger partial charge in [-0.25, -0.2) is 4.39 Å². The Labute approximate surface area is 119 Å². The molecule has 0 saturated carbocycles. The highest BCUT2D eigenvalue weighted by Crippen LogP contribution is 2.17. The first kappa shape index (κ1) is 16.1. The number of thioether (sulfide) groups is 1. The number of aliphatic hydroxyl groups is 1. The first-order valence-electron chi connectivity index (χ1n) is 6.59. The van der Waals surface area contributed by atoms with Crippen molar-refractivity contribution in [2.24, 2.45) is 5.92 Å². The van der Waals surface area contributed by atoms with Gasteiger partial charge in [0.2, 0.25) is 0 Å². The van der Waals surface area contributed by atoms with Gasteiger partial charge in [-0.15, -0.1) is 0 Å². The zero-order chi connectivity index (χ0) is 14.1. The molecule has 0 aliphatic rings. The van der Waals surface area contributed by atoms with Gasteiger partial charge in [0.25, 0.3) is 0 Å². The van der Waals surface area contributed by atoms with Crippen molar-refractivity contribution in [3.8, 4) is 11.8 Å². The Balaban J connectivity index is 2.56. The van der Waals surface area contributed by atoms with Gasteiger partial charge in [0.15, 0.2) is 0 Å². The number of halogens is 1. The SMILES string of the molecule is CC(C)CCSCc1ccc(F)c(C#CCCO)c1. The van der Waals surface area contributed by atoms with Gasteiger partial charge < -0.3 is 5.11 Å². The van der Waals surface area contributed by atoms with E-state index in [9.17, 15) is 4.39 Å². The van der Waals surface area contributed by atoms with E-state index in [1.807, 2.05) is 23.9 Å². The van der Waals surface area contributed by atoms with Crippen LogP contribution in [0.1, 0.15) is 37.8 Å². The maximum Gasteiger partial charge on any atom is 0.138 e. The van der Waals surface area contributed by atoms with Crippen molar-refractivity contribution < 1.29 is 9.50 Å². The van der Waals surface area contributed by atoms with E-state index < -0.39 is 0 Å². The summed E-state index contributed by atoms with van der Waals surface area (Å²) < 4.78 is 13.5. The third-order valence-corrected chi connectivity index (χ3v) is 3.66. The van der Waals surface area contributed by atoms with E-state index in [2.05, 4.69) is 25.7 Å². The first-order valence-corrected chi connectivity index (χ1v) is 7.75. The molecule has 1 aromatic rings. The molecule has 0 saturated heterocycles. The lowest BCUT2D eigenvalue weighted by Crippen LogP contribution is -1.92. The third kappa shape index (κ3) is 6.66. The molecule has 3 heteroatoms. The fourth-order valence-electron chi connectivity index (χ4n) is 1.48. The van der Waals surface area contributed by atoms with Gasteiger partial charge >= 0.3 is 0 Å². The summed E-state index contributed by atoms with van der Waals surface area (Å²) in [6.07, 6.45) is 1.59. The topological polar surface area (TPSA) is 20.2 Å². The molecule has 0 atom stereocenters. The zero-order valence-corrected chi connectivity index (χ0v) is 12.4. The summed E-state index contributed by atoms with van der Waals surface area (Å²) in [5, 5.41) is 8.66. The summed E-state index contributed by atoms with van der Waals surface area (Å²) in [6, 6.07) is 5.10. The van der Waals surface area contributed by atoms with Crippen LogP contribution in [0.3, 0.4) is 0 Å². The van der Waals surface area contributed by atoms with E-state index in [1.54, 1.807) is 0 Å². The highest BCUT2D eigenvalue weighted by Gasteiger charge is 2.02. The molecule has 1 rings (SSSR count). The second-order valence-electron chi connectivity index (χ2n) is 4.82. The van der Waals surface area contributed by atoms with Crippen molar-refractivity contribution >= 4 is 11.8 Å². The predicted molar refractivity (Wildman–Crippen MR) is 80.6 cm³/mol. The lowest BCUT2D eigenvalue weighted by atomic mass is 10.1. The van der Waals surface area contributed by atoms with Gasteiger partial charge in [0, 0.05) is 12.2 Å². The Morgan fingerprint density at radius 1 is 1.37 bits per heavy atom. The fraction of sp³-hybridized carbons (Fsp3) is 0.500. The van der Waals surface area contributed by atoms with Gasteiger partial charge in [0.1, 0.15) is 5.82 Å². The fourth-order valence-corrected chi connectivity index (χ4v) is 2.68. The molecule has 0 aromatic heterocycles. The molecule has 1 N–H and O–H groups in total. The normalized spacial score (nSPS) is 10.4. The van der Waals surface area contributed by atoms with Crippen LogP contribution in [0.25, 0.3) is 0 Å². The number of rotatable bonds is 6. The van der Waals surface area contributed by atoms with Gasteiger partial charge in [-0.1, -0.05) is 31.8 Å². The maximum atomic E-state index is 13.5. The van der Waals surface area contributed by atoms with Crippen molar-refractivity contribution in [3.63, 3.8) is 0 Å². The Morgan fingerprint density at radius 2 is 2.16 bits per heavy atom. The van der Waals surface area contributed by atoms with Crippen molar-refractivity contribution in [3.05, 3.63) is 35.1 Å². The smallest absolute Gasteiger partial charge is 0.138 e. The molecule has 0 radical (unpaired) electrons. The molecule has 0 fully saturated rings. The summed E-state index contributed by atoms with van der Waals surface area (Å²) in [4.78, 5) is 0. The van der Waals surface area contributed by atoms with Crippen LogP contribution in [0.2, 0.25) is 0 Å². The monoisotopic (exact) mass is 280 g/mol. The first-order chi connectivity index (χ1) is 9.13. The third-order valence-electron chi connectivity index (χ3n) is 2.60. The van der Waals surface area contributed by atoms with E-state index >= 15 is 0 Å². The van der Waals surface area contributed by atoms with Crippen molar-refractivity contribution in [2.45, 2.75) is 32.4 Å². The number of aliphatic hydroxyl groups excluding tert-OH is 1. The molecule has 0 unspecified atom stereocenters.